The molecule has 3 heteroatoms. The molecule has 0 spiro atoms. The van der Waals surface area contributed by atoms with Crippen molar-refractivity contribution in [2.45, 2.75) is 25.4 Å². The maximum absolute atomic E-state index is 11.4. The van der Waals surface area contributed by atoms with E-state index in [9.17, 15) is 4.79 Å². The summed E-state index contributed by atoms with van der Waals surface area (Å²) in [5.41, 5.74) is 6.74. The quantitative estimate of drug-likeness (QED) is 0.913. The number of nitrogens with two attached hydrogens (primary N) is 1. The van der Waals surface area contributed by atoms with E-state index in [2.05, 4.69) is 41.3 Å². The highest BCUT2D eigenvalue weighted by Gasteiger charge is 2.28. The van der Waals surface area contributed by atoms with Gasteiger partial charge in [-0.1, -0.05) is 42.5 Å². The number of hydrogen-bond acceptors (Lipinski definition) is 2. The Labute approximate surface area is 113 Å². The first-order valence-corrected chi connectivity index (χ1v) is 6.76. The van der Waals surface area contributed by atoms with Gasteiger partial charge in [-0.25, -0.2) is 0 Å². The van der Waals surface area contributed by atoms with E-state index in [1.807, 2.05) is 6.07 Å². The van der Waals surface area contributed by atoms with E-state index in [1.165, 1.54) is 16.3 Å². The average Bonchev–Trinajstić information content (AvgIpc) is 2.87. The summed E-state index contributed by atoms with van der Waals surface area (Å²) < 4.78 is 0. The second-order valence-corrected chi connectivity index (χ2v) is 5.17. The lowest BCUT2D eigenvalue weighted by atomic mass is 10.0. The largest absolute Gasteiger partial charge is 0.368 e. The number of carbonyl (C=O) groups is 1. The van der Waals surface area contributed by atoms with E-state index in [-0.39, 0.29) is 11.9 Å². The molecule has 19 heavy (non-hydrogen) atoms. The highest BCUT2D eigenvalue weighted by molar-refractivity contribution is 5.85. The monoisotopic (exact) mass is 254 g/mol. The summed E-state index contributed by atoms with van der Waals surface area (Å²) in [6, 6.07) is 14.6. The van der Waals surface area contributed by atoms with Crippen molar-refractivity contribution in [2.75, 3.05) is 6.54 Å². The van der Waals surface area contributed by atoms with Gasteiger partial charge in [-0.15, -0.1) is 0 Å². The summed E-state index contributed by atoms with van der Waals surface area (Å²) in [6.45, 7) is 1.76. The minimum Gasteiger partial charge on any atom is -0.368 e. The Morgan fingerprint density at radius 1 is 1.21 bits per heavy atom. The van der Waals surface area contributed by atoms with E-state index in [4.69, 9.17) is 5.73 Å². The highest BCUT2D eigenvalue weighted by Crippen LogP contribution is 2.24. The Morgan fingerprint density at radius 2 is 2.00 bits per heavy atom. The van der Waals surface area contributed by atoms with Crippen LogP contribution < -0.4 is 5.73 Å². The van der Waals surface area contributed by atoms with Gasteiger partial charge in [-0.2, -0.15) is 0 Å². The fourth-order valence-corrected chi connectivity index (χ4v) is 2.99. The maximum atomic E-state index is 11.4. The summed E-state index contributed by atoms with van der Waals surface area (Å²) in [5.74, 6) is -0.197. The van der Waals surface area contributed by atoms with Gasteiger partial charge in [-0.3, -0.25) is 9.69 Å². The van der Waals surface area contributed by atoms with Gasteiger partial charge < -0.3 is 5.73 Å². The van der Waals surface area contributed by atoms with Gasteiger partial charge in [0.15, 0.2) is 0 Å². The Morgan fingerprint density at radius 3 is 2.84 bits per heavy atom. The molecule has 3 nitrogen and oxygen atoms in total. The number of primary amides is 1. The number of amides is 1. The predicted octanol–water partition coefficient (Wildman–Crippen LogP) is 2.29. The van der Waals surface area contributed by atoms with Crippen LogP contribution in [0.4, 0.5) is 0 Å². The van der Waals surface area contributed by atoms with Crippen molar-refractivity contribution in [3.05, 3.63) is 48.0 Å². The number of fused-ring (bicyclic) bond motifs is 1. The summed E-state index contributed by atoms with van der Waals surface area (Å²) in [7, 11) is 0. The van der Waals surface area contributed by atoms with Crippen molar-refractivity contribution in [2.24, 2.45) is 5.73 Å². The minimum absolute atomic E-state index is 0.0982. The maximum Gasteiger partial charge on any atom is 0.234 e. The van der Waals surface area contributed by atoms with E-state index < -0.39 is 0 Å². The molecule has 0 radical (unpaired) electrons. The molecule has 1 aliphatic rings. The summed E-state index contributed by atoms with van der Waals surface area (Å²) >= 11 is 0. The smallest absolute Gasteiger partial charge is 0.234 e. The standard InChI is InChI=1S/C16H18N2O/c17-16(19)15-9-4-10-18(15)11-13-7-3-6-12-5-1-2-8-14(12)13/h1-3,5-8,15H,4,9-11H2,(H2,17,19). The molecule has 1 unspecified atom stereocenters. The van der Waals surface area contributed by atoms with Gasteiger partial charge in [0.05, 0.1) is 6.04 Å². The second-order valence-electron chi connectivity index (χ2n) is 5.17. The Balaban J connectivity index is 1.91. The molecule has 0 aromatic heterocycles. The van der Waals surface area contributed by atoms with Crippen LogP contribution in [0.25, 0.3) is 10.8 Å². The summed E-state index contributed by atoms with van der Waals surface area (Å²) in [6.07, 6.45) is 1.94. The molecule has 2 aromatic carbocycles. The lowest BCUT2D eigenvalue weighted by Gasteiger charge is -2.22. The second kappa shape index (κ2) is 5.02. The van der Waals surface area contributed by atoms with Gasteiger partial charge in [0, 0.05) is 6.54 Å². The van der Waals surface area contributed by atoms with Crippen molar-refractivity contribution in [3.8, 4) is 0 Å². The molecule has 98 valence electrons. The number of nitrogens with zero attached hydrogens (tertiary/aromatic N) is 1. The topological polar surface area (TPSA) is 46.3 Å². The fraction of sp³-hybridized carbons (Fsp3) is 0.312. The van der Waals surface area contributed by atoms with Crippen LogP contribution >= 0.6 is 0 Å². The van der Waals surface area contributed by atoms with E-state index in [1.54, 1.807) is 0 Å². The molecule has 1 heterocycles. The van der Waals surface area contributed by atoms with Crippen molar-refractivity contribution in [1.82, 2.24) is 4.90 Å². The third kappa shape index (κ3) is 2.34. The number of carbonyl (C=O) groups excluding carboxylic acids is 1. The van der Waals surface area contributed by atoms with Crippen molar-refractivity contribution in [3.63, 3.8) is 0 Å². The van der Waals surface area contributed by atoms with E-state index >= 15 is 0 Å². The molecule has 2 N–H and O–H groups in total. The van der Waals surface area contributed by atoms with Crippen LogP contribution in [-0.2, 0) is 11.3 Å². The van der Waals surface area contributed by atoms with Crippen LogP contribution in [0.1, 0.15) is 18.4 Å². The van der Waals surface area contributed by atoms with Crippen molar-refractivity contribution < 1.29 is 4.79 Å². The molecule has 1 atom stereocenters. The number of benzene rings is 2. The molecule has 0 bridgehead atoms. The lowest BCUT2D eigenvalue weighted by Crippen LogP contribution is -2.39. The zero-order chi connectivity index (χ0) is 13.2. The third-order valence-corrected chi connectivity index (χ3v) is 3.95. The Hall–Kier alpha value is -1.87. The molecule has 1 aliphatic heterocycles. The lowest BCUT2D eigenvalue weighted by molar-refractivity contribution is -0.122. The fourth-order valence-electron chi connectivity index (χ4n) is 2.99. The van der Waals surface area contributed by atoms with E-state index in [0.717, 1.165) is 25.9 Å². The summed E-state index contributed by atoms with van der Waals surface area (Å²) in [5, 5.41) is 2.51. The molecular weight excluding hydrogens is 236 g/mol. The number of hydrogen-bond donors (Lipinski definition) is 1. The van der Waals surface area contributed by atoms with Crippen LogP contribution in [0.15, 0.2) is 42.5 Å². The Kier molecular flexibility index (Phi) is 3.22. The van der Waals surface area contributed by atoms with Crippen LogP contribution in [0.3, 0.4) is 0 Å². The first-order valence-electron chi connectivity index (χ1n) is 6.76. The number of likely N-dealkylation sites (tertiary alicyclic amines) is 1. The van der Waals surface area contributed by atoms with Crippen molar-refractivity contribution in [1.29, 1.82) is 0 Å². The highest BCUT2D eigenvalue weighted by atomic mass is 16.1. The van der Waals surface area contributed by atoms with E-state index in [0.29, 0.717) is 0 Å². The SMILES string of the molecule is NC(=O)C1CCCN1Cc1cccc2ccccc12. The van der Waals surface area contributed by atoms with Gasteiger partial charge in [0.1, 0.15) is 0 Å². The van der Waals surface area contributed by atoms with Crippen LogP contribution in [0, 0.1) is 0 Å². The molecule has 0 saturated carbocycles. The summed E-state index contributed by atoms with van der Waals surface area (Å²) in [4.78, 5) is 13.6. The average molecular weight is 254 g/mol. The molecule has 1 fully saturated rings. The zero-order valence-electron chi connectivity index (χ0n) is 10.9. The molecule has 2 aromatic rings. The van der Waals surface area contributed by atoms with Gasteiger partial charge >= 0.3 is 0 Å². The zero-order valence-corrected chi connectivity index (χ0v) is 10.9. The van der Waals surface area contributed by atoms with Gasteiger partial charge in [-0.05, 0) is 35.7 Å². The molecule has 1 amide bonds. The van der Waals surface area contributed by atoms with Crippen LogP contribution in [0.2, 0.25) is 0 Å². The van der Waals surface area contributed by atoms with Crippen molar-refractivity contribution >= 4 is 16.7 Å². The Bertz CT molecular complexity index is 603. The van der Waals surface area contributed by atoms with Crippen LogP contribution in [-0.4, -0.2) is 23.4 Å². The van der Waals surface area contributed by atoms with Gasteiger partial charge in [0.2, 0.25) is 5.91 Å². The molecule has 0 aliphatic carbocycles. The minimum atomic E-state index is -0.197. The molecule has 3 rings (SSSR count). The third-order valence-electron chi connectivity index (χ3n) is 3.95. The van der Waals surface area contributed by atoms with Crippen LogP contribution in [0.5, 0.6) is 0 Å². The van der Waals surface area contributed by atoms with Gasteiger partial charge in [0.25, 0.3) is 0 Å². The molecular formula is C16H18N2O. The first-order chi connectivity index (χ1) is 9.25. The predicted molar refractivity (Wildman–Crippen MR) is 76.6 cm³/mol. The molecule has 1 saturated heterocycles. The number of rotatable bonds is 3. The first kappa shape index (κ1) is 12.2. The normalized spacial score (nSPS) is 19.9.